The summed E-state index contributed by atoms with van der Waals surface area (Å²) in [6.45, 7) is 6.88. The van der Waals surface area contributed by atoms with Gasteiger partial charge in [0.2, 0.25) is 0 Å². The zero-order chi connectivity index (χ0) is 28.4. The molecule has 0 aromatic heterocycles. The number of nitrogens with zero attached hydrogens (tertiary/aromatic N) is 1. The summed E-state index contributed by atoms with van der Waals surface area (Å²) in [5.74, 6) is -2.19. The minimum absolute atomic E-state index is 0.110. The lowest BCUT2D eigenvalue weighted by atomic mass is 10.0. The van der Waals surface area contributed by atoms with E-state index in [4.69, 9.17) is 14.6 Å². The quantitative estimate of drug-likeness (QED) is 0.400. The topological polar surface area (TPSA) is 90.9 Å². The van der Waals surface area contributed by atoms with E-state index in [9.17, 15) is 18.0 Å². The Morgan fingerprint density at radius 1 is 1.03 bits per heavy atom. The molecule has 39 heavy (non-hydrogen) atoms. The second kappa shape index (κ2) is 13.8. The van der Waals surface area contributed by atoms with Crippen molar-refractivity contribution in [2.75, 3.05) is 26.7 Å². The molecule has 3 aromatic carbocycles. The maximum Gasteiger partial charge on any atom is 0.490 e. The molecular formula is C29H32F3N3O4. The first kappa shape index (κ1) is 29.7. The van der Waals surface area contributed by atoms with Crippen molar-refractivity contribution >= 4 is 11.9 Å². The maximum absolute atomic E-state index is 12.5. The van der Waals surface area contributed by atoms with Crippen molar-refractivity contribution in [3.8, 4) is 16.9 Å². The number of aliphatic carboxylic acids is 1. The fraction of sp³-hybridized carbons (Fsp3) is 0.310. The van der Waals surface area contributed by atoms with E-state index in [1.54, 1.807) is 19.2 Å². The number of amides is 1. The van der Waals surface area contributed by atoms with Crippen LogP contribution in [0.2, 0.25) is 0 Å². The van der Waals surface area contributed by atoms with Gasteiger partial charge in [-0.25, -0.2) is 4.79 Å². The van der Waals surface area contributed by atoms with Crippen LogP contribution in [0.3, 0.4) is 0 Å². The number of hydrogen-bond acceptors (Lipinski definition) is 5. The highest BCUT2D eigenvalue weighted by Gasteiger charge is 2.38. The number of methoxy groups -OCH3 is 1. The van der Waals surface area contributed by atoms with Gasteiger partial charge in [-0.05, 0) is 59.5 Å². The zero-order valence-electron chi connectivity index (χ0n) is 21.8. The largest absolute Gasteiger partial charge is 0.497 e. The highest BCUT2D eigenvalue weighted by atomic mass is 19.4. The first-order valence-corrected chi connectivity index (χ1v) is 12.4. The molecule has 0 bridgehead atoms. The number of benzene rings is 3. The molecule has 0 aliphatic carbocycles. The summed E-state index contributed by atoms with van der Waals surface area (Å²) in [5, 5.41) is 13.6. The Bertz CT molecular complexity index is 1270. The van der Waals surface area contributed by atoms with Crippen LogP contribution in [-0.4, -0.2) is 60.8 Å². The molecule has 1 unspecified atom stereocenters. The number of nitrogens with one attached hydrogen (secondary N) is 2. The van der Waals surface area contributed by atoms with Crippen molar-refractivity contribution in [2.24, 2.45) is 0 Å². The Labute approximate surface area is 225 Å². The number of alkyl halides is 3. The SMILES string of the molecule is COc1cccc(C(=O)NCc2cccc(-c3cccc(CN4CCNC(C)C4)c3)c2)c1.O=C(O)C(F)(F)F. The van der Waals surface area contributed by atoms with E-state index in [1.807, 2.05) is 24.3 Å². The Morgan fingerprint density at radius 2 is 1.64 bits per heavy atom. The number of piperazine rings is 1. The van der Waals surface area contributed by atoms with Crippen LogP contribution in [0.4, 0.5) is 13.2 Å². The molecule has 208 valence electrons. The monoisotopic (exact) mass is 543 g/mol. The molecule has 1 fully saturated rings. The highest BCUT2D eigenvalue weighted by Crippen LogP contribution is 2.23. The molecule has 4 rings (SSSR count). The third-order valence-electron chi connectivity index (χ3n) is 6.07. The van der Waals surface area contributed by atoms with E-state index in [1.165, 1.54) is 11.1 Å². The summed E-state index contributed by atoms with van der Waals surface area (Å²) in [7, 11) is 1.60. The van der Waals surface area contributed by atoms with Crippen LogP contribution in [0, 0.1) is 0 Å². The van der Waals surface area contributed by atoms with Gasteiger partial charge in [-0.1, -0.05) is 42.5 Å². The van der Waals surface area contributed by atoms with Gasteiger partial charge >= 0.3 is 12.1 Å². The standard InChI is InChI=1S/C27H31N3O2.C2HF3O2/c1-20-18-30(13-12-28-20)19-22-7-4-9-24(15-22)23-8-3-6-21(14-23)17-29-27(31)25-10-5-11-26(16-25)32-2;3-2(4,5)1(6)7/h3-11,14-16,20,28H,12-13,17-19H2,1-2H3,(H,29,31);(H,6,7). The molecule has 1 aliphatic rings. The summed E-state index contributed by atoms with van der Waals surface area (Å²) in [5.41, 5.74) is 5.35. The Kier molecular flexibility index (Phi) is 10.5. The summed E-state index contributed by atoms with van der Waals surface area (Å²) < 4.78 is 36.9. The predicted octanol–water partition coefficient (Wildman–Crippen LogP) is 4.72. The smallest absolute Gasteiger partial charge is 0.490 e. The minimum Gasteiger partial charge on any atom is -0.497 e. The Morgan fingerprint density at radius 3 is 2.26 bits per heavy atom. The normalized spacial score (nSPS) is 15.6. The molecule has 3 N–H and O–H groups in total. The van der Waals surface area contributed by atoms with Crippen molar-refractivity contribution in [3.63, 3.8) is 0 Å². The summed E-state index contributed by atoms with van der Waals surface area (Å²) in [6.07, 6.45) is -5.08. The Balaban J connectivity index is 0.000000532. The lowest BCUT2D eigenvalue weighted by Crippen LogP contribution is -2.48. The van der Waals surface area contributed by atoms with E-state index in [-0.39, 0.29) is 5.91 Å². The Hall–Kier alpha value is -3.89. The van der Waals surface area contributed by atoms with E-state index < -0.39 is 12.1 Å². The molecule has 0 radical (unpaired) electrons. The molecule has 0 saturated carbocycles. The molecule has 1 aliphatic heterocycles. The first-order chi connectivity index (χ1) is 18.5. The van der Waals surface area contributed by atoms with E-state index in [2.05, 4.69) is 58.9 Å². The van der Waals surface area contributed by atoms with Crippen molar-refractivity contribution in [1.82, 2.24) is 15.5 Å². The predicted molar refractivity (Wildman–Crippen MR) is 142 cm³/mol. The molecule has 10 heteroatoms. The molecular weight excluding hydrogens is 511 g/mol. The highest BCUT2D eigenvalue weighted by molar-refractivity contribution is 5.94. The lowest BCUT2D eigenvalue weighted by Gasteiger charge is -2.31. The van der Waals surface area contributed by atoms with Crippen molar-refractivity contribution < 1.29 is 32.6 Å². The lowest BCUT2D eigenvalue weighted by molar-refractivity contribution is -0.192. The molecule has 1 atom stereocenters. The van der Waals surface area contributed by atoms with Gasteiger partial charge in [-0.2, -0.15) is 13.2 Å². The van der Waals surface area contributed by atoms with Gasteiger partial charge in [0.25, 0.3) is 5.91 Å². The molecule has 1 amide bonds. The number of rotatable bonds is 7. The fourth-order valence-corrected chi connectivity index (χ4v) is 4.17. The van der Waals surface area contributed by atoms with Crippen molar-refractivity contribution in [1.29, 1.82) is 0 Å². The van der Waals surface area contributed by atoms with Gasteiger partial charge in [-0.15, -0.1) is 0 Å². The van der Waals surface area contributed by atoms with Crippen LogP contribution in [0.25, 0.3) is 11.1 Å². The van der Waals surface area contributed by atoms with Crippen LogP contribution in [0.5, 0.6) is 5.75 Å². The maximum atomic E-state index is 12.5. The summed E-state index contributed by atoms with van der Waals surface area (Å²) >= 11 is 0. The van der Waals surface area contributed by atoms with E-state index in [0.29, 0.717) is 23.9 Å². The van der Waals surface area contributed by atoms with Crippen LogP contribution in [0.15, 0.2) is 72.8 Å². The van der Waals surface area contributed by atoms with Gasteiger partial charge in [0.15, 0.2) is 0 Å². The number of carboxylic acid groups (broad SMARTS) is 1. The van der Waals surface area contributed by atoms with Gasteiger partial charge in [-0.3, -0.25) is 9.69 Å². The number of carbonyl (C=O) groups excluding carboxylic acids is 1. The van der Waals surface area contributed by atoms with Crippen molar-refractivity contribution in [2.45, 2.75) is 32.2 Å². The number of hydrogen-bond donors (Lipinski definition) is 3. The van der Waals surface area contributed by atoms with Crippen LogP contribution in [0.1, 0.15) is 28.4 Å². The average molecular weight is 544 g/mol. The third-order valence-corrected chi connectivity index (χ3v) is 6.07. The molecule has 7 nitrogen and oxygen atoms in total. The molecule has 1 heterocycles. The zero-order valence-corrected chi connectivity index (χ0v) is 21.8. The average Bonchev–Trinajstić information content (AvgIpc) is 2.92. The number of carbonyl (C=O) groups is 2. The summed E-state index contributed by atoms with van der Waals surface area (Å²) in [6, 6.07) is 24.9. The van der Waals surface area contributed by atoms with E-state index in [0.717, 1.165) is 37.3 Å². The van der Waals surface area contributed by atoms with Crippen LogP contribution in [-0.2, 0) is 17.9 Å². The van der Waals surface area contributed by atoms with Crippen LogP contribution >= 0.6 is 0 Å². The second-order valence-electron chi connectivity index (χ2n) is 9.21. The first-order valence-electron chi connectivity index (χ1n) is 12.4. The second-order valence-corrected chi connectivity index (χ2v) is 9.21. The molecule has 3 aromatic rings. The van der Waals surface area contributed by atoms with Gasteiger partial charge in [0, 0.05) is 44.3 Å². The van der Waals surface area contributed by atoms with Crippen LogP contribution < -0.4 is 15.4 Å². The van der Waals surface area contributed by atoms with Gasteiger partial charge in [0.1, 0.15) is 5.75 Å². The number of carboxylic acids is 1. The van der Waals surface area contributed by atoms with Gasteiger partial charge in [0.05, 0.1) is 7.11 Å². The van der Waals surface area contributed by atoms with E-state index >= 15 is 0 Å². The number of ether oxygens (including phenoxy) is 1. The number of halogens is 3. The van der Waals surface area contributed by atoms with Crippen molar-refractivity contribution in [3.05, 3.63) is 89.5 Å². The molecule has 0 spiro atoms. The minimum atomic E-state index is -5.08. The summed E-state index contributed by atoms with van der Waals surface area (Å²) in [4.78, 5) is 23.9. The molecule has 1 saturated heterocycles. The fourth-order valence-electron chi connectivity index (χ4n) is 4.17. The third kappa shape index (κ3) is 9.42. The van der Waals surface area contributed by atoms with Gasteiger partial charge < -0.3 is 20.5 Å².